The minimum absolute atomic E-state index is 0.268. The third-order valence-corrected chi connectivity index (χ3v) is 4.39. The molecule has 122 valence electrons. The Hall–Kier alpha value is -1.62. The SMILES string of the molecule is CCN(CC1CCN(c2ccccn2)CC1)C(=O)CCNC. The molecule has 0 saturated carbocycles. The first-order valence-corrected chi connectivity index (χ1v) is 8.33. The Bertz CT molecular complexity index is 443. The van der Waals surface area contributed by atoms with Gasteiger partial charge in [0.25, 0.3) is 0 Å². The molecule has 1 aliphatic rings. The van der Waals surface area contributed by atoms with Gasteiger partial charge < -0.3 is 15.1 Å². The van der Waals surface area contributed by atoms with Crippen molar-refractivity contribution in [1.82, 2.24) is 15.2 Å². The Morgan fingerprint density at radius 2 is 2.18 bits per heavy atom. The van der Waals surface area contributed by atoms with Crippen molar-refractivity contribution < 1.29 is 4.79 Å². The van der Waals surface area contributed by atoms with Gasteiger partial charge in [0.15, 0.2) is 0 Å². The maximum atomic E-state index is 12.2. The predicted molar refractivity (Wildman–Crippen MR) is 90.0 cm³/mol. The average molecular weight is 304 g/mol. The van der Waals surface area contributed by atoms with Gasteiger partial charge in [-0.25, -0.2) is 4.98 Å². The molecule has 2 rings (SSSR count). The first kappa shape index (κ1) is 16.7. The van der Waals surface area contributed by atoms with E-state index >= 15 is 0 Å². The summed E-state index contributed by atoms with van der Waals surface area (Å²) >= 11 is 0. The van der Waals surface area contributed by atoms with Crippen molar-refractivity contribution in [3.8, 4) is 0 Å². The second-order valence-electron chi connectivity index (χ2n) is 5.90. The summed E-state index contributed by atoms with van der Waals surface area (Å²) in [5.74, 6) is 1.95. The highest BCUT2D eigenvalue weighted by Crippen LogP contribution is 2.22. The molecule has 0 spiro atoms. The Morgan fingerprint density at radius 1 is 1.41 bits per heavy atom. The van der Waals surface area contributed by atoms with Gasteiger partial charge >= 0.3 is 0 Å². The Morgan fingerprint density at radius 3 is 2.77 bits per heavy atom. The molecular formula is C17H28N4O. The number of nitrogens with one attached hydrogen (secondary N) is 1. The van der Waals surface area contributed by atoms with E-state index in [0.29, 0.717) is 12.3 Å². The van der Waals surface area contributed by atoms with E-state index in [9.17, 15) is 4.79 Å². The molecule has 0 unspecified atom stereocenters. The maximum absolute atomic E-state index is 12.2. The Labute approximate surface area is 133 Å². The van der Waals surface area contributed by atoms with E-state index in [1.54, 1.807) is 0 Å². The van der Waals surface area contributed by atoms with Crippen molar-refractivity contribution in [3.05, 3.63) is 24.4 Å². The molecule has 0 bridgehead atoms. The summed E-state index contributed by atoms with van der Waals surface area (Å²) in [6.07, 6.45) is 4.70. The summed E-state index contributed by atoms with van der Waals surface area (Å²) < 4.78 is 0. The number of hydrogen-bond acceptors (Lipinski definition) is 4. The standard InChI is InChI=1S/C17H28N4O/c1-3-20(17(22)7-11-18-2)14-15-8-12-21(13-9-15)16-6-4-5-10-19-16/h4-6,10,15,18H,3,7-9,11-14H2,1-2H3. The number of rotatable bonds is 7. The third kappa shape index (κ3) is 4.70. The molecule has 1 aromatic rings. The van der Waals surface area contributed by atoms with Gasteiger partial charge in [0.1, 0.15) is 5.82 Å². The fourth-order valence-electron chi connectivity index (χ4n) is 2.99. The fraction of sp³-hybridized carbons (Fsp3) is 0.647. The predicted octanol–water partition coefficient (Wildman–Crippen LogP) is 1.76. The number of pyridine rings is 1. The quantitative estimate of drug-likeness (QED) is 0.834. The van der Waals surface area contributed by atoms with Gasteiger partial charge in [0.2, 0.25) is 5.91 Å². The van der Waals surface area contributed by atoms with E-state index in [-0.39, 0.29) is 5.91 Å². The zero-order valence-corrected chi connectivity index (χ0v) is 13.8. The van der Waals surface area contributed by atoms with E-state index in [2.05, 4.69) is 28.2 Å². The van der Waals surface area contributed by atoms with Crippen molar-refractivity contribution in [2.24, 2.45) is 5.92 Å². The van der Waals surface area contributed by atoms with Crippen LogP contribution in [-0.2, 0) is 4.79 Å². The summed E-state index contributed by atoms with van der Waals surface area (Å²) in [4.78, 5) is 20.9. The number of hydrogen-bond donors (Lipinski definition) is 1. The largest absolute Gasteiger partial charge is 0.357 e. The van der Waals surface area contributed by atoms with E-state index < -0.39 is 0 Å². The summed E-state index contributed by atoms with van der Waals surface area (Å²) in [5, 5.41) is 3.04. The summed E-state index contributed by atoms with van der Waals surface area (Å²) in [5.41, 5.74) is 0. The topological polar surface area (TPSA) is 48.5 Å². The molecule has 1 aliphatic heterocycles. The van der Waals surface area contributed by atoms with Crippen LogP contribution in [0.3, 0.4) is 0 Å². The molecule has 1 fully saturated rings. The van der Waals surface area contributed by atoms with Crippen molar-refractivity contribution in [1.29, 1.82) is 0 Å². The normalized spacial score (nSPS) is 15.8. The van der Waals surface area contributed by atoms with E-state index in [0.717, 1.165) is 51.4 Å². The highest BCUT2D eigenvalue weighted by atomic mass is 16.2. The minimum atomic E-state index is 0.268. The second-order valence-corrected chi connectivity index (χ2v) is 5.90. The molecule has 1 amide bonds. The number of carbonyl (C=O) groups is 1. The van der Waals surface area contributed by atoms with Crippen LogP contribution in [0.2, 0.25) is 0 Å². The number of piperidine rings is 1. The number of nitrogens with zero attached hydrogens (tertiary/aromatic N) is 3. The van der Waals surface area contributed by atoms with Crippen LogP contribution in [0.25, 0.3) is 0 Å². The monoisotopic (exact) mass is 304 g/mol. The van der Waals surface area contributed by atoms with Crippen molar-refractivity contribution >= 4 is 11.7 Å². The Balaban J connectivity index is 1.79. The van der Waals surface area contributed by atoms with E-state index in [4.69, 9.17) is 0 Å². The molecule has 22 heavy (non-hydrogen) atoms. The number of anilines is 1. The zero-order valence-electron chi connectivity index (χ0n) is 13.8. The zero-order chi connectivity index (χ0) is 15.8. The van der Waals surface area contributed by atoms with Gasteiger partial charge in [-0.05, 0) is 44.9 Å². The smallest absolute Gasteiger partial charge is 0.223 e. The first-order chi connectivity index (χ1) is 10.7. The van der Waals surface area contributed by atoms with E-state index in [1.807, 2.05) is 30.3 Å². The van der Waals surface area contributed by atoms with Gasteiger partial charge in [-0.15, -0.1) is 0 Å². The molecule has 5 nitrogen and oxygen atoms in total. The minimum Gasteiger partial charge on any atom is -0.357 e. The van der Waals surface area contributed by atoms with Crippen LogP contribution in [-0.4, -0.2) is 55.6 Å². The van der Waals surface area contributed by atoms with Gasteiger partial charge in [0.05, 0.1) is 0 Å². The van der Waals surface area contributed by atoms with Crippen LogP contribution >= 0.6 is 0 Å². The second kappa shape index (κ2) is 8.73. The molecule has 1 N–H and O–H groups in total. The van der Waals surface area contributed by atoms with Crippen LogP contribution in [0, 0.1) is 5.92 Å². The lowest BCUT2D eigenvalue weighted by molar-refractivity contribution is -0.131. The van der Waals surface area contributed by atoms with Crippen LogP contribution in [0.1, 0.15) is 26.2 Å². The van der Waals surface area contributed by atoms with Crippen molar-refractivity contribution in [2.75, 3.05) is 44.7 Å². The van der Waals surface area contributed by atoms with Crippen LogP contribution < -0.4 is 10.2 Å². The number of amides is 1. The summed E-state index contributed by atoms with van der Waals surface area (Å²) in [6.45, 7) is 6.60. The summed E-state index contributed by atoms with van der Waals surface area (Å²) in [7, 11) is 1.89. The molecule has 0 atom stereocenters. The van der Waals surface area contributed by atoms with Gasteiger partial charge in [-0.1, -0.05) is 6.07 Å². The third-order valence-electron chi connectivity index (χ3n) is 4.39. The van der Waals surface area contributed by atoms with Crippen LogP contribution in [0.15, 0.2) is 24.4 Å². The van der Waals surface area contributed by atoms with Crippen LogP contribution in [0.5, 0.6) is 0 Å². The lowest BCUT2D eigenvalue weighted by atomic mass is 9.96. The molecule has 1 aromatic heterocycles. The molecular weight excluding hydrogens is 276 g/mol. The molecule has 0 radical (unpaired) electrons. The van der Waals surface area contributed by atoms with Crippen molar-refractivity contribution in [3.63, 3.8) is 0 Å². The molecule has 2 heterocycles. The first-order valence-electron chi connectivity index (χ1n) is 8.33. The lowest BCUT2D eigenvalue weighted by Gasteiger charge is -2.35. The van der Waals surface area contributed by atoms with Gasteiger partial charge in [0, 0.05) is 45.3 Å². The lowest BCUT2D eigenvalue weighted by Crippen LogP contribution is -2.41. The molecule has 5 heteroatoms. The highest BCUT2D eigenvalue weighted by Gasteiger charge is 2.23. The van der Waals surface area contributed by atoms with Gasteiger partial charge in [-0.2, -0.15) is 0 Å². The van der Waals surface area contributed by atoms with Crippen LogP contribution in [0.4, 0.5) is 5.82 Å². The van der Waals surface area contributed by atoms with E-state index in [1.165, 1.54) is 0 Å². The van der Waals surface area contributed by atoms with Crippen molar-refractivity contribution in [2.45, 2.75) is 26.2 Å². The van der Waals surface area contributed by atoms with Gasteiger partial charge in [-0.3, -0.25) is 4.79 Å². The number of aromatic nitrogens is 1. The highest BCUT2D eigenvalue weighted by molar-refractivity contribution is 5.76. The molecule has 0 aliphatic carbocycles. The Kier molecular flexibility index (Phi) is 6.65. The number of carbonyl (C=O) groups excluding carboxylic acids is 1. The fourth-order valence-corrected chi connectivity index (χ4v) is 2.99. The summed E-state index contributed by atoms with van der Waals surface area (Å²) in [6, 6.07) is 6.06. The maximum Gasteiger partial charge on any atom is 0.223 e. The average Bonchev–Trinajstić information content (AvgIpc) is 2.59. The molecule has 1 saturated heterocycles. The molecule has 0 aromatic carbocycles.